The van der Waals surface area contributed by atoms with E-state index in [1.807, 2.05) is 25.1 Å². The van der Waals surface area contributed by atoms with Gasteiger partial charge in [-0.2, -0.15) is 0 Å². The molecule has 5 rings (SSSR count). The molecule has 0 saturated carbocycles. The minimum absolute atomic E-state index is 0.182. The van der Waals surface area contributed by atoms with Crippen LogP contribution in [0, 0.1) is 12.7 Å². The van der Waals surface area contributed by atoms with E-state index in [4.69, 9.17) is 30.5 Å². The van der Waals surface area contributed by atoms with E-state index in [2.05, 4.69) is 32.2 Å². The maximum absolute atomic E-state index is 14.0. The third kappa shape index (κ3) is 6.21. The van der Waals surface area contributed by atoms with Crippen LogP contribution in [0.15, 0.2) is 78.9 Å². The quantitative estimate of drug-likeness (QED) is 0.172. The summed E-state index contributed by atoms with van der Waals surface area (Å²) in [5, 5.41) is 3.88. The Balaban J connectivity index is 1.52. The lowest BCUT2D eigenvalue weighted by Gasteiger charge is -2.33. The highest BCUT2D eigenvalue weighted by Crippen LogP contribution is 2.43. The number of para-hydroxylation sites is 1. The number of rotatable bonds is 7. The van der Waals surface area contributed by atoms with Crippen molar-refractivity contribution < 1.29 is 28.1 Å². The maximum atomic E-state index is 14.0. The number of aryl methyl sites for hydroxylation is 1. The van der Waals surface area contributed by atoms with Gasteiger partial charge in [0.2, 0.25) is 0 Å². The fourth-order valence-electron chi connectivity index (χ4n) is 5.17. The molecule has 1 heterocycles. The van der Waals surface area contributed by atoms with E-state index in [0.717, 1.165) is 39.1 Å². The number of allylic oxidation sites excluding steroid dienone is 1. The van der Waals surface area contributed by atoms with Crippen LogP contribution in [-0.4, -0.2) is 18.8 Å². The molecule has 1 N–H and O–H groups in total. The largest absolute Gasteiger partial charge is 0.519 e. The molecule has 0 unspecified atom stereocenters. The Morgan fingerprint density at radius 2 is 1.67 bits per heavy atom. The van der Waals surface area contributed by atoms with Gasteiger partial charge in [-0.05, 0) is 80.8 Å². The van der Waals surface area contributed by atoms with Crippen molar-refractivity contribution in [3.05, 3.63) is 106 Å². The van der Waals surface area contributed by atoms with Crippen LogP contribution in [0.2, 0.25) is 5.02 Å². The lowest BCUT2D eigenvalue weighted by atomic mass is 9.85. The average molecular weight is 588 g/mol. The van der Waals surface area contributed by atoms with Crippen LogP contribution in [0.1, 0.15) is 37.5 Å². The summed E-state index contributed by atoms with van der Waals surface area (Å²) >= 11 is 6.09. The Labute approximate surface area is 249 Å². The lowest BCUT2D eigenvalue weighted by Crippen LogP contribution is -2.32. The summed E-state index contributed by atoms with van der Waals surface area (Å²) in [6.45, 7) is 8.35. The number of ether oxygens (including phenoxy) is 4. The summed E-state index contributed by atoms with van der Waals surface area (Å²) in [4.78, 5) is 12.5. The van der Waals surface area contributed by atoms with Gasteiger partial charge in [0.05, 0.1) is 17.7 Å². The van der Waals surface area contributed by atoms with Crippen molar-refractivity contribution in [2.45, 2.75) is 39.8 Å². The molecule has 0 amide bonds. The highest BCUT2D eigenvalue weighted by molar-refractivity contribution is 6.32. The van der Waals surface area contributed by atoms with Crippen LogP contribution < -0.4 is 24.3 Å². The molecule has 4 aromatic rings. The third-order valence-electron chi connectivity index (χ3n) is 6.96. The predicted molar refractivity (Wildman–Crippen MR) is 163 cm³/mol. The van der Waals surface area contributed by atoms with Gasteiger partial charge in [-0.3, -0.25) is 0 Å². The SMILES string of the molecule is COc1cc(OC(=O)Oc2ccccc2Cl)ccc1-c1ccc2c(c1COc1cc(F)ccc1C)C(C)=CC(C)(C)N2. The average Bonchev–Trinajstić information content (AvgIpc) is 2.94. The zero-order chi connectivity index (χ0) is 30.0. The van der Waals surface area contributed by atoms with E-state index in [1.165, 1.54) is 12.1 Å². The summed E-state index contributed by atoms with van der Waals surface area (Å²) in [5.74, 6) is 1.01. The first-order valence-electron chi connectivity index (χ1n) is 13.4. The molecule has 42 heavy (non-hydrogen) atoms. The minimum Gasteiger partial charge on any atom is -0.496 e. The number of nitrogens with one attached hydrogen (secondary N) is 1. The molecule has 0 radical (unpaired) electrons. The summed E-state index contributed by atoms with van der Waals surface area (Å²) in [7, 11) is 1.55. The Kier molecular flexibility index (Phi) is 8.14. The van der Waals surface area contributed by atoms with Crippen LogP contribution in [0.5, 0.6) is 23.0 Å². The van der Waals surface area contributed by atoms with Crippen molar-refractivity contribution in [3.8, 4) is 34.1 Å². The number of benzene rings is 4. The number of carbonyl (C=O) groups excluding carboxylic acids is 1. The molecular formula is C34H31ClFNO5. The number of carbonyl (C=O) groups is 1. The monoisotopic (exact) mass is 587 g/mol. The maximum Gasteiger partial charge on any atom is 0.519 e. The van der Waals surface area contributed by atoms with Crippen LogP contribution in [0.3, 0.4) is 0 Å². The van der Waals surface area contributed by atoms with Crippen molar-refractivity contribution in [1.29, 1.82) is 0 Å². The first-order chi connectivity index (χ1) is 20.0. The van der Waals surface area contributed by atoms with E-state index in [9.17, 15) is 9.18 Å². The molecule has 0 aromatic heterocycles. The topological polar surface area (TPSA) is 66.0 Å². The number of methoxy groups -OCH3 is 1. The second-order valence-corrected chi connectivity index (χ2v) is 11.0. The van der Waals surface area contributed by atoms with Crippen LogP contribution in [0.25, 0.3) is 16.7 Å². The summed E-state index contributed by atoms with van der Waals surface area (Å²) in [6, 6.07) is 20.3. The van der Waals surface area contributed by atoms with Crippen molar-refractivity contribution in [2.75, 3.05) is 12.4 Å². The van der Waals surface area contributed by atoms with Gasteiger partial charge < -0.3 is 24.3 Å². The highest BCUT2D eigenvalue weighted by atomic mass is 35.5. The molecule has 0 fully saturated rings. The van der Waals surface area contributed by atoms with E-state index < -0.39 is 6.16 Å². The van der Waals surface area contributed by atoms with Crippen molar-refractivity contribution in [2.24, 2.45) is 0 Å². The first-order valence-corrected chi connectivity index (χ1v) is 13.8. The van der Waals surface area contributed by atoms with Crippen LogP contribution >= 0.6 is 11.6 Å². The zero-order valence-electron chi connectivity index (χ0n) is 24.0. The number of halogens is 2. The molecule has 6 nitrogen and oxygen atoms in total. The van der Waals surface area contributed by atoms with Gasteiger partial charge in [0, 0.05) is 34.5 Å². The lowest BCUT2D eigenvalue weighted by molar-refractivity contribution is 0.152. The first kappa shape index (κ1) is 29.0. The highest BCUT2D eigenvalue weighted by Gasteiger charge is 2.27. The van der Waals surface area contributed by atoms with Crippen LogP contribution in [-0.2, 0) is 6.61 Å². The molecule has 1 aliphatic heterocycles. The molecule has 0 saturated heterocycles. The van der Waals surface area contributed by atoms with Crippen molar-refractivity contribution in [3.63, 3.8) is 0 Å². The van der Waals surface area contributed by atoms with Gasteiger partial charge in [-0.25, -0.2) is 9.18 Å². The van der Waals surface area contributed by atoms with Gasteiger partial charge in [0.1, 0.15) is 29.7 Å². The summed E-state index contributed by atoms with van der Waals surface area (Å²) in [6.07, 6.45) is 1.25. The number of anilines is 1. The fourth-order valence-corrected chi connectivity index (χ4v) is 5.35. The van der Waals surface area contributed by atoms with Crippen molar-refractivity contribution in [1.82, 2.24) is 0 Å². The van der Waals surface area contributed by atoms with Gasteiger partial charge in [0.15, 0.2) is 5.75 Å². The molecule has 0 bridgehead atoms. The number of hydrogen-bond donors (Lipinski definition) is 1. The van der Waals surface area contributed by atoms with Crippen LogP contribution in [0.4, 0.5) is 14.9 Å². The standard InChI is InChI=1S/C34H31ClFNO5/c1-20-10-11-22(36)16-30(20)40-19-26-24(14-15-28-32(26)21(2)18-34(3,4)37-28)25-13-12-23(17-31(25)39-5)41-33(38)42-29-9-7-6-8-27(29)35/h6-18,37H,19H2,1-5H3. The fraction of sp³-hybridized carbons (Fsp3) is 0.206. The molecule has 216 valence electrons. The van der Waals surface area contributed by atoms with E-state index in [-0.39, 0.29) is 29.5 Å². The molecule has 4 aromatic carbocycles. The molecule has 0 aliphatic carbocycles. The molecule has 8 heteroatoms. The third-order valence-corrected chi connectivity index (χ3v) is 7.27. The second kappa shape index (κ2) is 11.8. The van der Waals surface area contributed by atoms with E-state index in [1.54, 1.807) is 49.6 Å². The van der Waals surface area contributed by atoms with Gasteiger partial charge in [-0.15, -0.1) is 0 Å². The van der Waals surface area contributed by atoms with Gasteiger partial charge in [0.25, 0.3) is 0 Å². The van der Waals surface area contributed by atoms with Crippen molar-refractivity contribution >= 4 is 29.0 Å². The van der Waals surface area contributed by atoms with Gasteiger partial charge in [-0.1, -0.05) is 41.9 Å². The number of fused-ring (bicyclic) bond motifs is 1. The van der Waals surface area contributed by atoms with E-state index >= 15 is 0 Å². The normalized spacial score (nSPS) is 13.4. The molecular weight excluding hydrogens is 557 g/mol. The summed E-state index contributed by atoms with van der Waals surface area (Å²) < 4.78 is 36.7. The molecule has 0 atom stereocenters. The second-order valence-electron chi connectivity index (χ2n) is 10.6. The Bertz CT molecular complexity index is 1700. The predicted octanol–water partition coefficient (Wildman–Crippen LogP) is 9.23. The van der Waals surface area contributed by atoms with Gasteiger partial charge >= 0.3 is 6.16 Å². The Morgan fingerprint density at radius 1 is 0.905 bits per heavy atom. The molecule has 0 spiro atoms. The zero-order valence-corrected chi connectivity index (χ0v) is 24.8. The Morgan fingerprint density at radius 3 is 2.43 bits per heavy atom. The Hall–Kier alpha value is -4.49. The molecule has 1 aliphatic rings. The minimum atomic E-state index is -0.930. The smallest absolute Gasteiger partial charge is 0.496 e. The van der Waals surface area contributed by atoms with E-state index in [0.29, 0.717) is 16.5 Å². The number of hydrogen-bond acceptors (Lipinski definition) is 6. The summed E-state index contributed by atoms with van der Waals surface area (Å²) in [5.41, 5.74) is 6.19.